The number of hydrogen-bond donors (Lipinski definition) is 1. The van der Waals surface area contributed by atoms with Crippen LogP contribution in [0.4, 0.5) is 14.5 Å². The molecule has 192 valence electrons. The van der Waals surface area contributed by atoms with Gasteiger partial charge in [0.05, 0.1) is 40.4 Å². The van der Waals surface area contributed by atoms with E-state index in [0.717, 1.165) is 12.1 Å². The Labute approximate surface area is 208 Å². The molecule has 0 aliphatic heterocycles. The van der Waals surface area contributed by atoms with Gasteiger partial charge in [-0.2, -0.15) is 0 Å². The van der Waals surface area contributed by atoms with Crippen LogP contribution < -0.4 is 28.4 Å². The molecule has 0 bridgehead atoms. The van der Waals surface area contributed by atoms with Crippen LogP contribution in [0, 0.1) is 11.6 Å². The van der Waals surface area contributed by atoms with E-state index in [1.165, 1.54) is 53.7 Å². The molecule has 0 atom stereocenters. The van der Waals surface area contributed by atoms with Gasteiger partial charge in [0.15, 0.2) is 34.6 Å². The van der Waals surface area contributed by atoms with Crippen molar-refractivity contribution >= 4 is 27.9 Å². The molecule has 0 amide bonds. The van der Waals surface area contributed by atoms with Crippen LogP contribution in [0.5, 0.6) is 28.7 Å². The third kappa shape index (κ3) is 5.46. The third-order valence-electron chi connectivity index (χ3n) is 5.16. The standard InChI is InChI=1S/C25H25F2NO7S/c1-31-20-11-9-17(14-19(20)27)36(29,30)28-23-16(8-10-18(26)24(23)34-4)7-6-15-12-21(32-2)25(35-5)22(13-15)33-3/h6-14,28H,1-5H3/b7-6-. The Morgan fingerprint density at radius 3 is 1.83 bits per heavy atom. The molecule has 0 saturated heterocycles. The number of benzene rings is 3. The highest BCUT2D eigenvalue weighted by molar-refractivity contribution is 7.92. The Kier molecular flexibility index (Phi) is 8.25. The van der Waals surface area contributed by atoms with E-state index in [1.807, 2.05) is 0 Å². The molecule has 0 fully saturated rings. The number of anilines is 1. The van der Waals surface area contributed by atoms with E-state index in [9.17, 15) is 17.2 Å². The summed E-state index contributed by atoms with van der Waals surface area (Å²) in [7, 11) is 2.57. The molecule has 0 aromatic heterocycles. The van der Waals surface area contributed by atoms with E-state index in [-0.39, 0.29) is 27.6 Å². The fraction of sp³-hybridized carbons (Fsp3) is 0.200. The largest absolute Gasteiger partial charge is 0.494 e. The molecule has 0 aliphatic carbocycles. The Morgan fingerprint density at radius 2 is 1.31 bits per heavy atom. The summed E-state index contributed by atoms with van der Waals surface area (Å²) in [5, 5.41) is 0. The number of rotatable bonds is 10. The number of methoxy groups -OCH3 is 5. The van der Waals surface area contributed by atoms with Crippen LogP contribution in [-0.2, 0) is 10.0 Å². The van der Waals surface area contributed by atoms with Crippen LogP contribution in [-0.4, -0.2) is 44.0 Å². The molecule has 0 spiro atoms. The minimum atomic E-state index is -4.33. The van der Waals surface area contributed by atoms with Gasteiger partial charge in [-0.15, -0.1) is 0 Å². The van der Waals surface area contributed by atoms with E-state index >= 15 is 0 Å². The van der Waals surface area contributed by atoms with Crippen molar-refractivity contribution in [3.05, 3.63) is 65.2 Å². The van der Waals surface area contributed by atoms with Gasteiger partial charge in [-0.25, -0.2) is 17.2 Å². The zero-order valence-electron chi connectivity index (χ0n) is 20.2. The van der Waals surface area contributed by atoms with Crippen molar-refractivity contribution in [3.8, 4) is 28.7 Å². The van der Waals surface area contributed by atoms with Crippen molar-refractivity contribution in [3.63, 3.8) is 0 Å². The molecule has 8 nitrogen and oxygen atoms in total. The van der Waals surface area contributed by atoms with Crippen molar-refractivity contribution in [1.82, 2.24) is 0 Å². The summed E-state index contributed by atoms with van der Waals surface area (Å²) >= 11 is 0. The minimum Gasteiger partial charge on any atom is -0.494 e. The van der Waals surface area contributed by atoms with E-state index in [1.54, 1.807) is 24.3 Å². The summed E-state index contributed by atoms with van der Waals surface area (Å²) in [5.41, 5.74) is 0.732. The highest BCUT2D eigenvalue weighted by Crippen LogP contribution is 2.39. The molecule has 11 heteroatoms. The van der Waals surface area contributed by atoms with Crippen LogP contribution in [0.1, 0.15) is 11.1 Å². The van der Waals surface area contributed by atoms with Crippen molar-refractivity contribution < 1.29 is 40.9 Å². The molecule has 0 saturated carbocycles. The predicted octanol–water partition coefficient (Wildman–Crippen LogP) is 4.98. The number of sulfonamides is 1. The molecule has 36 heavy (non-hydrogen) atoms. The topological polar surface area (TPSA) is 92.3 Å². The lowest BCUT2D eigenvalue weighted by Gasteiger charge is -2.16. The molecular weight excluding hydrogens is 496 g/mol. The van der Waals surface area contributed by atoms with Gasteiger partial charge in [-0.1, -0.05) is 12.2 Å². The summed E-state index contributed by atoms with van der Waals surface area (Å²) < 4.78 is 83.0. The van der Waals surface area contributed by atoms with Crippen molar-refractivity contribution in [2.45, 2.75) is 4.90 Å². The molecule has 0 radical (unpaired) electrons. The number of ether oxygens (including phenoxy) is 5. The molecule has 0 heterocycles. The van der Waals surface area contributed by atoms with Crippen LogP contribution in [0.3, 0.4) is 0 Å². The summed E-state index contributed by atoms with van der Waals surface area (Å²) in [6, 6.07) is 9.03. The van der Waals surface area contributed by atoms with Gasteiger partial charge in [0, 0.05) is 5.56 Å². The fourth-order valence-corrected chi connectivity index (χ4v) is 4.51. The van der Waals surface area contributed by atoms with Crippen molar-refractivity contribution in [1.29, 1.82) is 0 Å². The normalized spacial score (nSPS) is 11.3. The first-order valence-electron chi connectivity index (χ1n) is 10.4. The van der Waals surface area contributed by atoms with Crippen molar-refractivity contribution in [2.75, 3.05) is 40.3 Å². The van der Waals surface area contributed by atoms with E-state index < -0.39 is 21.7 Å². The van der Waals surface area contributed by atoms with Crippen LogP contribution in [0.2, 0.25) is 0 Å². The summed E-state index contributed by atoms with van der Waals surface area (Å²) in [6.07, 6.45) is 3.19. The summed E-state index contributed by atoms with van der Waals surface area (Å²) in [5.74, 6) is -0.881. The second kappa shape index (κ2) is 11.2. The molecule has 1 N–H and O–H groups in total. The van der Waals surface area contributed by atoms with Gasteiger partial charge >= 0.3 is 0 Å². The first-order valence-corrected chi connectivity index (χ1v) is 11.9. The highest BCUT2D eigenvalue weighted by atomic mass is 32.2. The molecule has 0 unspecified atom stereocenters. The quantitative estimate of drug-likeness (QED) is 0.376. The first kappa shape index (κ1) is 26.6. The first-order chi connectivity index (χ1) is 17.2. The van der Waals surface area contributed by atoms with Gasteiger partial charge in [0.1, 0.15) is 5.69 Å². The van der Waals surface area contributed by atoms with Crippen LogP contribution in [0.15, 0.2) is 47.4 Å². The van der Waals surface area contributed by atoms with Crippen molar-refractivity contribution in [2.24, 2.45) is 0 Å². The molecule has 0 aliphatic rings. The second-order valence-corrected chi connectivity index (χ2v) is 8.92. The SMILES string of the molecule is COc1ccc(S(=O)(=O)Nc2c(/C=C\c3cc(OC)c(OC)c(OC)c3)ccc(F)c2OC)cc1F. The number of halogens is 2. The summed E-state index contributed by atoms with van der Waals surface area (Å²) in [6.45, 7) is 0. The van der Waals surface area contributed by atoms with Crippen LogP contribution >= 0.6 is 0 Å². The molecular formula is C25H25F2NO7S. The van der Waals surface area contributed by atoms with Gasteiger partial charge in [0.25, 0.3) is 10.0 Å². The lowest BCUT2D eigenvalue weighted by Crippen LogP contribution is -2.15. The Morgan fingerprint density at radius 1 is 0.694 bits per heavy atom. The Hall–Kier alpha value is -3.99. The Bertz CT molecular complexity index is 1370. The van der Waals surface area contributed by atoms with Gasteiger partial charge in [-0.3, -0.25) is 4.72 Å². The fourth-order valence-electron chi connectivity index (χ4n) is 3.41. The maximum absolute atomic E-state index is 14.5. The smallest absolute Gasteiger partial charge is 0.262 e. The monoisotopic (exact) mass is 521 g/mol. The zero-order valence-corrected chi connectivity index (χ0v) is 21.0. The molecule has 3 rings (SSSR count). The predicted molar refractivity (Wildman–Crippen MR) is 132 cm³/mol. The van der Waals surface area contributed by atoms with Gasteiger partial charge in [-0.05, 0) is 48.0 Å². The van der Waals surface area contributed by atoms with E-state index in [2.05, 4.69) is 4.72 Å². The third-order valence-corrected chi connectivity index (χ3v) is 6.51. The second-order valence-electron chi connectivity index (χ2n) is 7.24. The van der Waals surface area contributed by atoms with E-state index in [0.29, 0.717) is 22.8 Å². The Balaban J connectivity index is 2.07. The average molecular weight is 522 g/mol. The average Bonchev–Trinajstić information content (AvgIpc) is 2.87. The zero-order chi connectivity index (χ0) is 26.5. The van der Waals surface area contributed by atoms with Gasteiger partial charge in [0.2, 0.25) is 5.75 Å². The lowest BCUT2D eigenvalue weighted by molar-refractivity contribution is 0.324. The number of hydrogen-bond acceptors (Lipinski definition) is 7. The maximum atomic E-state index is 14.5. The molecule has 3 aromatic carbocycles. The molecule has 3 aromatic rings. The highest BCUT2D eigenvalue weighted by Gasteiger charge is 2.22. The minimum absolute atomic E-state index is 0.119. The van der Waals surface area contributed by atoms with Crippen LogP contribution in [0.25, 0.3) is 12.2 Å². The van der Waals surface area contributed by atoms with E-state index in [4.69, 9.17) is 23.7 Å². The van der Waals surface area contributed by atoms with Gasteiger partial charge < -0.3 is 23.7 Å². The lowest BCUT2D eigenvalue weighted by atomic mass is 10.1. The number of nitrogens with one attached hydrogen (secondary N) is 1. The summed E-state index contributed by atoms with van der Waals surface area (Å²) in [4.78, 5) is -0.383. The maximum Gasteiger partial charge on any atom is 0.262 e.